The fourth-order valence-corrected chi connectivity index (χ4v) is 4.01. The van der Waals surface area contributed by atoms with Gasteiger partial charge in [0.1, 0.15) is 11.5 Å². The maximum atomic E-state index is 12.9. The number of alkyl halides is 3. The molecule has 2 atom stereocenters. The van der Waals surface area contributed by atoms with E-state index in [1.165, 1.54) is 6.07 Å². The van der Waals surface area contributed by atoms with Gasteiger partial charge in [-0.05, 0) is 37.3 Å². The Labute approximate surface area is 157 Å². The Morgan fingerprint density at radius 3 is 2.48 bits per heavy atom. The first kappa shape index (κ1) is 19.9. The molecule has 0 bridgehead atoms. The lowest BCUT2D eigenvalue weighted by Crippen LogP contribution is -2.51. The van der Waals surface area contributed by atoms with Gasteiger partial charge in [0.05, 0.1) is 0 Å². The van der Waals surface area contributed by atoms with Crippen LogP contribution in [0.1, 0.15) is 38.8 Å². The van der Waals surface area contributed by atoms with E-state index < -0.39 is 11.9 Å². The van der Waals surface area contributed by atoms with Gasteiger partial charge in [-0.1, -0.05) is 19.9 Å². The second-order valence-corrected chi connectivity index (χ2v) is 8.02. The van der Waals surface area contributed by atoms with Crippen molar-refractivity contribution in [1.82, 2.24) is 9.88 Å². The molecule has 3 rings (SSSR count). The minimum absolute atomic E-state index is 0.0457. The number of carbonyl (C=O) groups excluding carboxylic acids is 1. The first-order chi connectivity index (χ1) is 12.6. The number of carbonyl (C=O) groups is 1. The van der Waals surface area contributed by atoms with Crippen LogP contribution in [0.15, 0.2) is 18.2 Å². The largest absolute Gasteiger partial charge is 0.433 e. The van der Waals surface area contributed by atoms with Crippen LogP contribution in [0, 0.1) is 11.8 Å². The van der Waals surface area contributed by atoms with Gasteiger partial charge in [0.25, 0.3) is 0 Å². The summed E-state index contributed by atoms with van der Waals surface area (Å²) in [5, 5.41) is 0. The maximum absolute atomic E-state index is 12.9. The van der Waals surface area contributed by atoms with Gasteiger partial charge in [0.2, 0.25) is 5.91 Å². The van der Waals surface area contributed by atoms with Crippen molar-refractivity contribution < 1.29 is 18.0 Å². The summed E-state index contributed by atoms with van der Waals surface area (Å²) in [4.78, 5) is 20.2. The third kappa shape index (κ3) is 4.20. The molecule has 0 spiro atoms. The summed E-state index contributed by atoms with van der Waals surface area (Å²) in [6.45, 7) is 6.12. The molecular formula is C19H27F3N4O. The molecule has 1 amide bonds. The SMILES string of the molecule is CC(C)C1(N)CCC(C(=O)N2CCN(c3cccc(C(F)(F)F)n3)CC2)C1. The van der Waals surface area contributed by atoms with Crippen LogP contribution in [0.5, 0.6) is 0 Å². The number of nitrogens with two attached hydrogens (primary N) is 1. The van der Waals surface area contributed by atoms with E-state index in [1.54, 1.807) is 11.0 Å². The third-order valence-electron chi connectivity index (χ3n) is 6.02. The fraction of sp³-hybridized carbons (Fsp3) is 0.684. The Morgan fingerprint density at radius 1 is 1.26 bits per heavy atom. The number of rotatable bonds is 3. The van der Waals surface area contributed by atoms with E-state index >= 15 is 0 Å². The van der Waals surface area contributed by atoms with Crippen molar-refractivity contribution in [3.05, 3.63) is 23.9 Å². The molecule has 0 radical (unpaired) electrons. The van der Waals surface area contributed by atoms with Gasteiger partial charge >= 0.3 is 6.18 Å². The van der Waals surface area contributed by atoms with Gasteiger partial charge in [-0.25, -0.2) is 4.98 Å². The number of piperazine rings is 1. The van der Waals surface area contributed by atoms with Crippen molar-refractivity contribution in [2.45, 2.75) is 44.8 Å². The zero-order chi connectivity index (χ0) is 19.8. The Balaban J connectivity index is 1.59. The summed E-state index contributed by atoms with van der Waals surface area (Å²) < 4.78 is 38.6. The first-order valence-electron chi connectivity index (χ1n) is 9.47. The highest BCUT2D eigenvalue weighted by Gasteiger charge is 2.42. The monoisotopic (exact) mass is 384 g/mol. The number of nitrogens with zero attached hydrogens (tertiary/aromatic N) is 3. The van der Waals surface area contributed by atoms with Crippen molar-refractivity contribution in [1.29, 1.82) is 0 Å². The molecule has 5 nitrogen and oxygen atoms in total. The van der Waals surface area contributed by atoms with Crippen LogP contribution in [-0.4, -0.2) is 47.5 Å². The van der Waals surface area contributed by atoms with Gasteiger partial charge in [0, 0.05) is 37.6 Å². The predicted octanol–water partition coefficient (Wildman–Crippen LogP) is 2.90. The first-order valence-corrected chi connectivity index (χ1v) is 9.47. The predicted molar refractivity (Wildman–Crippen MR) is 97.1 cm³/mol. The molecule has 8 heteroatoms. The highest BCUT2D eigenvalue weighted by molar-refractivity contribution is 5.79. The molecule has 1 saturated heterocycles. The molecule has 1 aliphatic carbocycles. The van der Waals surface area contributed by atoms with Crippen molar-refractivity contribution in [2.75, 3.05) is 31.1 Å². The molecule has 1 aliphatic heterocycles. The van der Waals surface area contributed by atoms with Gasteiger partial charge in [0.15, 0.2) is 0 Å². The minimum atomic E-state index is -4.46. The summed E-state index contributed by atoms with van der Waals surface area (Å²) in [6.07, 6.45) is -2.08. The summed E-state index contributed by atoms with van der Waals surface area (Å²) in [6, 6.07) is 3.92. The van der Waals surface area contributed by atoms with Gasteiger partial charge in [-0.2, -0.15) is 13.2 Å². The van der Waals surface area contributed by atoms with Crippen LogP contribution in [0.2, 0.25) is 0 Å². The van der Waals surface area contributed by atoms with E-state index in [9.17, 15) is 18.0 Å². The number of pyridine rings is 1. The van der Waals surface area contributed by atoms with Crippen LogP contribution in [0.3, 0.4) is 0 Å². The number of halogens is 3. The molecule has 1 aromatic rings. The molecule has 1 aromatic heterocycles. The van der Waals surface area contributed by atoms with E-state index in [2.05, 4.69) is 18.8 Å². The van der Waals surface area contributed by atoms with Crippen molar-refractivity contribution in [3.63, 3.8) is 0 Å². The van der Waals surface area contributed by atoms with Crippen molar-refractivity contribution >= 4 is 11.7 Å². The average molecular weight is 384 g/mol. The summed E-state index contributed by atoms with van der Waals surface area (Å²) >= 11 is 0. The molecule has 2 N–H and O–H groups in total. The Kier molecular flexibility index (Phi) is 5.38. The standard InChI is InChI=1S/C19H27F3N4O/c1-13(2)18(23)7-6-14(12-18)17(27)26-10-8-25(9-11-26)16-5-3-4-15(24-16)19(20,21)22/h3-5,13-14H,6-12,23H2,1-2H3. The number of hydrogen-bond acceptors (Lipinski definition) is 4. The van der Waals surface area contributed by atoms with E-state index in [0.717, 1.165) is 18.9 Å². The topological polar surface area (TPSA) is 62.5 Å². The fourth-order valence-electron chi connectivity index (χ4n) is 4.01. The third-order valence-corrected chi connectivity index (χ3v) is 6.02. The van der Waals surface area contributed by atoms with E-state index in [0.29, 0.717) is 44.3 Å². The normalized spacial score (nSPS) is 26.7. The van der Waals surface area contributed by atoms with Crippen LogP contribution in [-0.2, 0) is 11.0 Å². The minimum Gasteiger partial charge on any atom is -0.353 e. The second-order valence-electron chi connectivity index (χ2n) is 8.02. The lowest BCUT2D eigenvalue weighted by molar-refractivity contribution is -0.141. The Morgan fingerprint density at radius 2 is 1.93 bits per heavy atom. The van der Waals surface area contributed by atoms with E-state index in [1.807, 2.05) is 4.90 Å². The number of hydrogen-bond donors (Lipinski definition) is 1. The molecule has 2 aliphatic rings. The molecule has 150 valence electrons. The van der Waals surface area contributed by atoms with Crippen LogP contribution < -0.4 is 10.6 Å². The van der Waals surface area contributed by atoms with Crippen molar-refractivity contribution in [2.24, 2.45) is 17.6 Å². The summed E-state index contributed by atoms with van der Waals surface area (Å²) in [7, 11) is 0. The molecule has 2 heterocycles. The Hall–Kier alpha value is -1.83. The summed E-state index contributed by atoms with van der Waals surface area (Å²) in [5.41, 5.74) is 5.26. The molecule has 2 fully saturated rings. The van der Waals surface area contributed by atoms with Gasteiger partial charge in [-0.3, -0.25) is 4.79 Å². The quantitative estimate of drug-likeness (QED) is 0.871. The maximum Gasteiger partial charge on any atom is 0.433 e. The molecule has 2 unspecified atom stereocenters. The highest BCUT2D eigenvalue weighted by atomic mass is 19.4. The molecule has 1 saturated carbocycles. The van der Waals surface area contributed by atoms with Crippen LogP contribution >= 0.6 is 0 Å². The van der Waals surface area contributed by atoms with E-state index in [4.69, 9.17) is 5.73 Å². The van der Waals surface area contributed by atoms with Gasteiger partial charge < -0.3 is 15.5 Å². The number of amides is 1. The van der Waals surface area contributed by atoms with Crippen LogP contribution in [0.4, 0.5) is 19.0 Å². The summed E-state index contributed by atoms with van der Waals surface area (Å²) in [5.74, 6) is 0.716. The molecular weight excluding hydrogens is 357 g/mol. The average Bonchev–Trinajstić information content (AvgIpc) is 3.04. The molecule has 27 heavy (non-hydrogen) atoms. The lowest BCUT2D eigenvalue weighted by Gasteiger charge is -2.37. The van der Waals surface area contributed by atoms with Crippen molar-refractivity contribution in [3.8, 4) is 0 Å². The second kappa shape index (κ2) is 7.30. The smallest absolute Gasteiger partial charge is 0.353 e. The van der Waals surface area contributed by atoms with E-state index in [-0.39, 0.29) is 17.4 Å². The zero-order valence-electron chi connectivity index (χ0n) is 15.8. The highest BCUT2D eigenvalue weighted by Crippen LogP contribution is 2.38. The van der Waals surface area contributed by atoms with Crippen LogP contribution in [0.25, 0.3) is 0 Å². The zero-order valence-corrected chi connectivity index (χ0v) is 15.8. The number of aromatic nitrogens is 1. The number of anilines is 1. The molecule has 0 aromatic carbocycles. The Bertz CT molecular complexity index is 686. The lowest BCUT2D eigenvalue weighted by atomic mass is 9.85. The van der Waals surface area contributed by atoms with Gasteiger partial charge in [-0.15, -0.1) is 0 Å².